The number of nitrogens with zero attached hydrogens (tertiary/aromatic N) is 1. The average molecular weight is 338 g/mol. The maximum Gasteiger partial charge on any atom is 0.251 e. The van der Waals surface area contributed by atoms with Crippen LogP contribution < -0.4 is 10.6 Å². The summed E-state index contributed by atoms with van der Waals surface area (Å²) < 4.78 is 0. The third-order valence-corrected chi connectivity index (χ3v) is 4.35. The van der Waals surface area contributed by atoms with E-state index in [1.165, 1.54) is 0 Å². The summed E-state index contributed by atoms with van der Waals surface area (Å²) in [7, 11) is 1.91. The van der Waals surface area contributed by atoms with E-state index in [4.69, 9.17) is 11.6 Å². The van der Waals surface area contributed by atoms with Crippen molar-refractivity contribution in [2.45, 2.75) is 31.7 Å². The molecule has 1 heterocycles. The van der Waals surface area contributed by atoms with Crippen molar-refractivity contribution in [3.63, 3.8) is 0 Å². The van der Waals surface area contributed by atoms with Gasteiger partial charge in [-0.05, 0) is 50.6 Å². The molecule has 0 spiro atoms. The van der Waals surface area contributed by atoms with Crippen LogP contribution in [0.1, 0.15) is 36.0 Å². The number of carbonyl (C=O) groups is 2. The molecule has 0 radical (unpaired) electrons. The molecule has 1 aliphatic heterocycles. The zero-order valence-corrected chi connectivity index (χ0v) is 14.2. The van der Waals surface area contributed by atoms with E-state index in [2.05, 4.69) is 10.6 Å². The molecular formula is C17H24ClN3O2. The van der Waals surface area contributed by atoms with Gasteiger partial charge in [0.2, 0.25) is 5.91 Å². The topological polar surface area (TPSA) is 61.4 Å². The van der Waals surface area contributed by atoms with E-state index in [1.54, 1.807) is 24.3 Å². The van der Waals surface area contributed by atoms with E-state index < -0.39 is 0 Å². The highest BCUT2D eigenvalue weighted by Crippen LogP contribution is 2.18. The Morgan fingerprint density at radius 3 is 2.74 bits per heavy atom. The van der Waals surface area contributed by atoms with E-state index in [1.807, 2.05) is 11.9 Å². The highest BCUT2D eigenvalue weighted by atomic mass is 35.5. The van der Waals surface area contributed by atoms with E-state index in [0.29, 0.717) is 36.0 Å². The Hall–Kier alpha value is -1.59. The molecule has 2 rings (SSSR count). The second kappa shape index (κ2) is 8.89. The van der Waals surface area contributed by atoms with Crippen LogP contribution in [-0.4, -0.2) is 49.4 Å². The van der Waals surface area contributed by atoms with Crippen molar-refractivity contribution in [1.82, 2.24) is 15.5 Å². The molecule has 0 aliphatic carbocycles. The molecule has 1 unspecified atom stereocenters. The second-order valence-corrected chi connectivity index (χ2v) is 6.24. The summed E-state index contributed by atoms with van der Waals surface area (Å²) in [5, 5.41) is 6.58. The number of nitrogens with one attached hydrogen (secondary N) is 2. The molecule has 1 aliphatic rings. The number of hydrogen-bond donors (Lipinski definition) is 2. The highest BCUT2D eigenvalue weighted by molar-refractivity contribution is 6.30. The highest BCUT2D eigenvalue weighted by Gasteiger charge is 2.27. The molecule has 0 aromatic heterocycles. The van der Waals surface area contributed by atoms with Crippen molar-refractivity contribution >= 4 is 23.4 Å². The van der Waals surface area contributed by atoms with Crippen molar-refractivity contribution in [2.75, 3.05) is 26.7 Å². The zero-order chi connectivity index (χ0) is 16.7. The van der Waals surface area contributed by atoms with E-state index in [9.17, 15) is 9.59 Å². The third-order valence-electron chi connectivity index (χ3n) is 4.10. The van der Waals surface area contributed by atoms with Gasteiger partial charge in [-0.1, -0.05) is 11.6 Å². The lowest BCUT2D eigenvalue weighted by Gasteiger charge is -2.24. The normalized spacial score (nSPS) is 17.3. The van der Waals surface area contributed by atoms with Crippen LogP contribution in [0, 0.1) is 0 Å². The lowest BCUT2D eigenvalue weighted by atomic mass is 10.2. The van der Waals surface area contributed by atoms with Gasteiger partial charge >= 0.3 is 0 Å². The van der Waals surface area contributed by atoms with Crippen LogP contribution in [0.4, 0.5) is 0 Å². The molecule has 2 amide bonds. The summed E-state index contributed by atoms with van der Waals surface area (Å²) in [6.45, 7) is 2.19. The van der Waals surface area contributed by atoms with Crippen molar-refractivity contribution in [3.05, 3.63) is 34.9 Å². The molecule has 126 valence electrons. The predicted molar refractivity (Wildman–Crippen MR) is 91.7 cm³/mol. The Kier molecular flexibility index (Phi) is 6.86. The standard InChI is InChI=1S/C17H24ClN3O2/c1-19-12-15-4-3-11-21(15)16(22)5-2-10-20-17(23)13-6-8-14(18)9-7-13/h6-9,15,19H,2-5,10-12H2,1H3,(H,20,23). The number of likely N-dealkylation sites (tertiary alicyclic amines) is 1. The predicted octanol–water partition coefficient (Wildman–Crippen LogP) is 2.06. The SMILES string of the molecule is CNCC1CCCN1C(=O)CCCNC(=O)c1ccc(Cl)cc1. The Morgan fingerprint density at radius 2 is 2.04 bits per heavy atom. The van der Waals surface area contributed by atoms with Crippen LogP contribution in [0.15, 0.2) is 24.3 Å². The van der Waals surface area contributed by atoms with Gasteiger partial charge in [-0.25, -0.2) is 0 Å². The Morgan fingerprint density at radius 1 is 1.30 bits per heavy atom. The average Bonchev–Trinajstić information content (AvgIpc) is 3.00. The number of halogens is 1. The first-order valence-corrected chi connectivity index (χ1v) is 8.47. The summed E-state index contributed by atoms with van der Waals surface area (Å²) in [4.78, 5) is 26.2. The number of hydrogen-bond acceptors (Lipinski definition) is 3. The minimum absolute atomic E-state index is 0.136. The van der Waals surface area contributed by atoms with Crippen molar-refractivity contribution < 1.29 is 9.59 Å². The van der Waals surface area contributed by atoms with Crippen LogP contribution in [-0.2, 0) is 4.79 Å². The van der Waals surface area contributed by atoms with Gasteiger partial charge in [-0.2, -0.15) is 0 Å². The Labute approximate surface area is 142 Å². The molecule has 1 fully saturated rings. The summed E-state index contributed by atoms with van der Waals surface area (Å²) in [5.74, 6) is 0.0480. The number of likely N-dealkylation sites (N-methyl/N-ethyl adjacent to an activating group) is 1. The van der Waals surface area contributed by atoms with E-state index in [0.717, 1.165) is 25.9 Å². The van der Waals surface area contributed by atoms with Crippen molar-refractivity contribution in [3.8, 4) is 0 Å². The van der Waals surface area contributed by atoms with E-state index in [-0.39, 0.29) is 11.8 Å². The molecule has 6 heteroatoms. The van der Waals surface area contributed by atoms with E-state index >= 15 is 0 Å². The molecule has 1 atom stereocenters. The maximum absolute atomic E-state index is 12.3. The van der Waals surface area contributed by atoms with Crippen LogP contribution in [0.2, 0.25) is 5.02 Å². The minimum atomic E-state index is -0.136. The molecule has 0 bridgehead atoms. The summed E-state index contributed by atoms with van der Waals surface area (Å²) in [6, 6.07) is 7.08. The summed E-state index contributed by atoms with van der Waals surface area (Å²) >= 11 is 5.80. The lowest BCUT2D eigenvalue weighted by molar-refractivity contribution is -0.132. The molecule has 1 saturated heterocycles. The van der Waals surface area contributed by atoms with Crippen LogP contribution in [0.5, 0.6) is 0 Å². The molecule has 1 aromatic rings. The fourth-order valence-electron chi connectivity index (χ4n) is 2.90. The smallest absolute Gasteiger partial charge is 0.251 e. The van der Waals surface area contributed by atoms with Gasteiger partial charge in [0.1, 0.15) is 0 Å². The first kappa shape index (κ1) is 17.8. The Bertz CT molecular complexity index is 533. The van der Waals surface area contributed by atoms with Crippen LogP contribution in [0.25, 0.3) is 0 Å². The molecule has 0 saturated carbocycles. The number of benzene rings is 1. The molecule has 5 nitrogen and oxygen atoms in total. The monoisotopic (exact) mass is 337 g/mol. The maximum atomic E-state index is 12.3. The first-order chi connectivity index (χ1) is 11.1. The van der Waals surface area contributed by atoms with Crippen molar-refractivity contribution in [2.24, 2.45) is 0 Å². The van der Waals surface area contributed by atoms with Gasteiger partial charge in [0, 0.05) is 42.7 Å². The van der Waals surface area contributed by atoms with Gasteiger partial charge < -0.3 is 15.5 Å². The first-order valence-electron chi connectivity index (χ1n) is 8.09. The fraction of sp³-hybridized carbons (Fsp3) is 0.529. The van der Waals surface area contributed by atoms with Gasteiger partial charge in [0.05, 0.1) is 0 Å². The molecule has 23 heavy (non-hydrogen) atoms. The van der Waals surface area contributed by atoms with Crippen LogP contribution >= 0.6 is 11.6 Å². The van der Waals surface area contributed by atoms with Crippen molar-refractivity contribution in [1.29, 1.82) is 0 Å². The minimum Gasteiger partial charge on any atom is -0.352 e. The fourth-order valence-corrected chi connectivity index (χ4v) is 3.03. The number of carbonyl (C=O) groups excluding carboxylic acids is 2. The summed E-state index contributed by atoms with van der Waals surface area (Å²) in [6.07, 6.45) is 3.27. The molecule has 1 aromatic carbocycles. The largest absolute Gasteiger partial charge is 0.352 e. The molecule has 2 N–H and O–H groups in total. The Balaban J connectivity index is 1.69. The second-order valence-electron chi connectivity index (χ2n) is 5.81. The quantitative estimate of drug-likeness (QED) is 0.749. The molecular weight excluding hydrogens is 314 g/mol. The zero-order valence-electron chi connectivity index (χ0n) is 13.5. The number of rotatable bonds is 7. The lowest BCUT2D eigenvalue weighted by Crippen LogP contribution is -2.41. The number of amides is 2. The van der Waals surface area contributed by atoms with Gasteiger partial charge in [0.25, 0.3) is 5.91 Å². The van der Waals surface area contributed by atoms with Gasteiger partial charge in [-0.15, -0.1) is 0 Å². The van der Waals surface area contributed by atoms with Gasteiger partial charge in [0.15, 0.2) is 0 Å². The van der Waals surface area contributed by atoms with Crippen LogP contribution in [0.3, 0.4) is 0 Å². The third kappa shape index (κ3) is 5.22. The summed E-state index contributed by atoms with van der Waals surface area (Å²) in [5.41, 5.74) is 0.578. The van der Waals surface area contributed by atoms with Gasteiger partial charge in [-0.3, -0.25) is 9.59 Å².